The lowest BCUT2D eigenvalue weighted by Gasteiger charge is -2.47. The summed E-state index contributed by atoms with van der Waals surface area (Å²) in [4.78, 5) is 12.6. The highest BCUT2D eigenvalue weighted by Gasteiger charge is 2.60. The van der Waals surface area contributed by atoms with Gasteiger partial charge < -0.3 is 25.1 Å². The average molecular weight is 442 g/mol. The van der Waals surface area contributed by atoms with Gasteiger partial charge in [-0.1, -0.05) is 5.21 Å². The number of ether oxygens (including phenoxy) is 3. The summed E-state index contributed by atoms with van der Waals surface area (Å²) >= 11 is 0. The first-order valence-corrected chi connectivity index (χ1v) is 9.58. The van der Waals surface area contributed by atoms with Crippen LogP contribution in [0.15, 0.2) is 18.3 Å². The molecule has 1 aromatic carbocycles. The molecule has 2 saturated heterocycles. The van der Waals surface area contributed by atoms with Crippen LogP contribution in [-0.2, 0) is 19.0 Å². The Morgan fingerprint density at radius 2 is 2.03 bits per heavy atom. The average Bonchev–Trinajstić information content (AvgIpc) is 3.40. The van der Waals surface area contributed by atoms with Crippen LogP contribution in [0.3, 0.4) is 0 Å². The van der Waals surface area contributed by atoms with Crippen molar-refractivity contribution in [2.45, 2.75) is 30.3 Å². The number of aliphatic hydroxyl groups excluding tert-OH is 1. The molecule has 4 rings (SSSR count). The van der Waals surface area contributed by atoms with Crippen LogP contribution in [0, 0.1) is 23.4 Å². The molecule has 3 unspecified atom stereocenters. The summed E-state index contributed by atoms with van der Waals surface area (Å²) in [5.74, 6) is -5.87. The highest BCUT2D eigenvalue weighted by Crippen LogP contribution is 2.42. The molecular weight excluding hydrogens is 421 g/mol. The third-order valence-electron chi connectivity index (χ3n) is 5.90. The molecule has 0 saturated carbocycles. The maximum atomic E-state index is 13.6. The van der Waals surface area contributed by atoms with Crippen LogP contribution in [0.25, 0.3) is 11.3 Å². The van der Waals surface area contributed by atoms with Gasteiger partial charge in [-0.25, -0.2) is 17.9 Å². The van der Waals surface area contributed by atoms with Gasteiger partial charge in [0.2, 0.25) is 0 Å². The molecule has 3 heterocycles. The van der Waals surface area contributed by atoms with E-state index in [0.717, 1.165) is 12.1 Å². The fourth-order valence-electron chi connectivity index (χ4n) is 4.41. The lowest BCUT2D eigenvalue weighted by Crippen LogP contribution is -2.67. The maximum Gasteiger partial charge on any atom is 0.252 e. The first kappa shape index (κ1) is 21.7. The summed E-state index contributed by atoms with van der Waals surface area (Å²) < 4.78 is 58.6. The van der Waals surface area contributed by atoms with E-state index in [1.165, 1.54) is 18.0 Å². The molecule has 2 fully saturated rings. The van der Waals surface area contributed by atoms with Gasteiger partial charge in [-0.15, -0.1) is 5.10 Å². The largest absolute Gasteiger partial charge is 0.390 e. The number of nitrogens with two attached hydrogens (primary N) is 1. The van der Waals surface area contributed by atoms with Crippen LogP contribution in [0.2, 0.25) is 0 Å². The zero-order valence-electron chi connectivity index (χ0n) is 16.5. The summed E-state index contributed by atoms with van der Waals surface area (Å²) in [6, 6.07) is 1.02. The monoisotopic (exact) mass is 442 g/mol. The van der Waals surface area contributed by atoms with Gasteiger partial charge in [0.1, 0.15) is 11.8 Å². The number of aliphatic hydroxyl groups is 1. The number of nitrogens with zero attached hydrogens (tertiary/aromatic N) is 3. The Hall–Kier alpha value is -2.54. The van der Waals surface area contributed by atoms with Crippen molar-refractivity contribution in [3.05, 3.63) is 35.8 Å². The number of amides is 1. The molecule has 12 heteroatoms. The highest BCUT2D eigenvalue weighted by molar-refractivity contribution is 5.85. The molecule has 2 aliphatic rings. The number of carbonyl (C=O) groups excluding carboxylic acids is 1. The van der Waals surface area contributed by atoms with Crippen molar-refractivity contribution < 1.29 is 37.3 Å². The van der Waals surface area contributed by atoms with Crippen LogP contribution >= 0.6 is 0 Å². The van der Waals surface area contributed by atoms with E-state index in [4.69, 9.17) is 19.9 Å². The molecule has 3 N–H and O–H groups in total. The van der Waals surface area contributed by atoms with Crippen molar-refractivity contribution in [2.75, 3.05) is 26.9 Å². The van der Waals surface area contributed by atoms with Gasteiger partial charge >= 0.3 is 0 Å². The molecule has 0 spiro atoms. The molecular formula is C19H21F3N4O5. The number of primary amides is 1. The van der Waals surface area contributed by atoms with Crippen molar-refractivity contribution in [3.8, 4) is 11.3 Å². The Labute approximate surface area is 174 Å². The minimum atomic E-state index is -1.69. The van der Waals surface area contributed by atoms with Crippen molar-refractivity contribution >= 4 is 5.91 Å². The van der Waals surface area contributed by atoms with Crippen molar-refractivity contribution in [3.63, 3.8) is 0 Å². The highest BCUT2D eigenvalue weighted by atomic mass is 19.2. The van der Waals surface area contributed by atoms with Gasteiger partial charge in [0.05, 0.1) is 44.1 Å². The van der Waals surface area contributed by atoms with E-state index in [-0.39, 0.29) is 31.1 Å². The molecule has 0 radical (unpaired) electrons. The minimum absolute atomic E-state index is 0.00976. The molecule has 1 amide bonds. The van der Waals surface area contributed by atoms with Crippen LogP contribution < -0.4 is 5.73 Å². The number of rotatable bonds is 5. The molecule has 2 aromatic rings. The van der Waals surface area contributed by atoms with Crippen LogP contribution in [0.4, 0.5) is 13.2 Å². The molecule has 0 bridgehead atoms. The van der Waals surface area contributed by atoms with E-state index < -0.39 is 53.1 Å². The molecule has 9 nitrogen and oxygen atoms in total. The fraction of sp³-hybridized carbons (Fsp3) is 0.526. The van der Waals surface area contributed by atoms with E-state index in [9.17, 15) is 23.1 Å². The van der Waals surface area contributed by atoms with Gasteiger partial charge in [0.25, 0.3) is 5.91 Å². The number of halogens is 3. The van der Waals surface area contributed by atoms with Crippen LogP contribution in [0.5, 0.6) is 0 Å². The van der Waals surface area contributed by atoms with Crippen molar-refractivity contribution in [2.24, 2.45) is 11.7 Å². The predicted octanol–water partition coefficient (Wildman–Crippen LogP) is 0.570. The molecule has 5 atom stereocenters. The number of carbonyl (C=O) groups is 1. The van der Waals surface area contributed by atoms with E-state index in [2.05, 4.69) is 10.3 Å². The first-order chi connectivity index (χ1) is 14.8. The molecule has 0 aliphatic carbocycles. The van der Waals surface area contributed by atoms with E-state index in [0.29, 0.717) is 6.42 Å². The number of hydrogen-bond donors (Lipinski definition) is 2. The standard InChI is InChI=1S/C19H21F3N4O5/c1-29-17-14(2-3-31-19(17,18(23)28)10-7-30-8-15(10)27)26-6-13(24-25-26)9-4-11(20)16(22)12(21)5-9/h4-6,10,14-15,17,27H,2-3,7-8H2,1H3,(H2,23,28)/t10-,14?,15-,17?,19?/m1/s1. The smallest absolute Gasteiger partial charge is 0.252 e. The van der Waals surface area contributed by atoms with E-state index >= 15 is 0 Å². The predicted molar refractivity (Wildman–Crippen MR) is 98.0 cm³/mol. The number of hydrogen-bond acceptors (Lipinski definition) is 7. The summed E-state index contributed by atoms with van der Waals surface area (Å²) in [5.41, 5.74) is 4.11. The third kappa shape index (κ3) is 3.49. The quantitative estimate of drug-likeness (QED) is 0.650. The van der Waals surface area contributed by atoms with Crippen molar-refractivity contribution in [1.82, 2.24) is 15.0 Å². The molecule has 168 valence electrons. The fourth-order valence-corrected chi connectivity index (χ4v) is 4.41. The zero-order valence-corrected chi connectivity index (χ0v) is 16.5. The normalized spacial score (nSPS) is 31.1. The number of benzene rings is 1. The summed E-state index contributed by atoms with van der Waals surface area (Å²) in [6.45, 7) is 0.179. The van der Waals surface area contributed by atoms with E-state index in [1.807, 2.05) is 0 Å². The van der Waals surface area contributed by atoms with Gasteiger partial charge in [-0.05, 0) is 18.6 Å². The Morgan fingerprint density at radius 3 is 2.61 bits per heavy atom. The lowest BCUT2D eigenvalue weighted by molar-refractivity contribution is -0.217. The molecule has 31 heavy (non-hydrogen) atoms. The van der Waals surface area contributed by atoms with Crippen LogP contribution in [0.1, 0.15) is 12.5 Å². The summed E-state index contributed by atoms with van der Waals surface area (Å²) in [5, 5.41) is 18.3. The second-order valence-electron chi connectivity index (χ2n) is 7.57. The van der Waals surface area contributed by atoms with Gasteiger partial charge in [0, 0.05) is 12.7 Å². The summed E-state index contributed by atoms with van der Waals surface area (Å²) in [6.07, 6.45) is -0.190. The lowest BCUT2D eigenvalue weighted by atomic mass is 9.75. The Bertz CT molecular complexity index is 966. The van der Waals surface area contributed by atoms with Gasteiger partial charge in [-0.2, -0.15) is 0 Å². The topological polar surface area (TPSA) is 122 Å². The Morgan fingerprint density at radius 1 is 1.32 bits per heavy atom. The van der Waals surface area contributed by atoms with Gasteiger partial charge in [-0.3, -0.25) is 4.79 Å². The zero-order chi connectivity index (χ0) is 22.3. The third-order valence-corrected chi connectivity index (χ3v) is 5.90. The first-order valence-electron chi connectivity index (χ1n) is 9.58. The minimum Gasteiger partial charge on any atom is -0.390 e. The maximum absolute atomic E-state index is 13.6. The van der Waals surface area contributed by atoms with Gasteiger partial charge in [0.15, 0.2) is 23.1 Å². The summed E-state index contributed by atoms with van der Waals surface area (Å²) in [7, 11) is 1.37. The van der Waals surface area contributed by atoms with Crippen molar-refractivity contribution in [1.29, 1.82) is 0 Å². The Balaban J connectivity index is 1.71. The number of aromatic nitrogens is 3. The Kier molecular flexibility index (Phi) is 5.73. The SMILES string of the molecule is COC1C(n2cc(-c3cc(F)c(F)c(F)c3)nn2)CCOC1(C(N)=O)[C@@H]1COC[C@H]1O. The van der Waals surface area contributed by atoms with E-state index in [1.54, 1.807) is 0 Å². The number of methoxy groups -OCH3 is 1. The molecule has 2 aliphatic heterocycles. The molecule has 1 aromatic heterocycles. The second-order valence-corrected chi connectivity index (χ2v) is 7.57. The van der Waals surface area contributed by atoms with Crippen LogP contribution in [-0.4, -0.2) is 70.7 Å². The second kappa shape index (κ2) is 8.19.